The molecule has 0 aliphatic rings. The zero-order valence-electron chi connectivity index (χ0n) is 14.4. The van der Waals surface area contributed by atoms with Crippen LogP contribution in [0.1, 0.15) is 52.6 Å². The van der Waals surface area contributed by atoms with Crippen LogP contribution >= 0.6 is 11.6 Å². The van der Waals surface area contributed by atoms with Gasteiger partial charge in [0, 0.05) is 23.7 Å². The van der Waals surface area contributed by atoms with Crippen molar-refractivity contribution in [2.45, 2.75) is 53.1 Å². The second kappa shape index (κ2) is 8.17. The number of nitrogens with one attached hydrogen (secondary N) is 1. The molecule has 0 spiro atoms. The predicted molar refractivity (Wildman–Crippen MR) is 94.0 cm³/mol. The number of hydrogen-bond acceptors (Lipinski definition) is 2. The monoisotopic (exact) mass is 310 g/mol. The highest BCUT2D eigenvalue weighted by atomic mass is 35.5. The molecule has 0 amide bonds. The minimum atomic E-state index is 0.219. The molecule has 0 bridgehead atoms. The van der Waals surface area contributed by atoms with Crippen molar-refractivity contribution in [2.24, 2.45) is 5.41 Å². The summed E-state index contributed by atoms with van der Waals surface area (Å²) in [5.74, 6) is 0. The summed E-state index contributed by atoms with van der Waals surface area (Å²) < 4.78 is 0. The first-order chi connectivity index (χ1) is 9.77. The van der Waals surface area contributed by atoms with Crippen molar-refractivity contribution in [3.63, 3.8) is 0 Å². The fourth-order valence-corrected chi connectivity index (χ4v) is 2.77. The molecule has 0 saturated heterocycles. The van der Waals surface area contributed by atoms with E-state index in [2.05, 4.69) is 64.0 Å². The lowest BCUT2D eigenvalue weighted by Crippen LogP contribution is -2.46. The standard InChI is InChI=1S/C18H31ClN2/c1-7-11-20-15(3)18(4,5)13-21(6)14(2)16-9-8-10-17(19)12-16/h8-10,12,14-15,20H,7,11,13H2,1-6H3. The molecule has 0 fully saturated rings. The molecule has 1 aromatic carbocycles. The fourth-order valence-electron chi connectivity index (χ4n) is 2.57. The first kappa shape index (κ1) is 18.5. The van der Waals surface area contributed by atoms with Gasteiger partial charge in [0.15, 0.2) is 0 Å². The lowest BCUT2D eigenvalue weighted by atomic mass is 9.84. The molecule has 0 heterocycles. The van der Waals surface area contributed by atoms with E-state index in [1.54, 1.807) is 0 Å². The van der Waals surface area contributed by atoms with E-state index in [4.69, 9.17) is 11.6 Å². The Balaban J connectivity index is 2.68. The predicted octanol–water partition coefficient (Wildman–Crippen LogP) is 4.75. The third-order valence-corrected chi connectivity index (χ3v) is 4.76. The minimum absolute atomic E-state index is 0.219. The summed E-state index contributed by atoms with van der Waals surface area (Å²) in [7, 11) is 2.19. The molecule has 2 unspecified atom stereocenters. The van der Waals surface area contributed by atoms with Crippen molar-refractivity contribution in [1.29, 1.82) is 0 Å². The molecule has 0 aliphatic carbocycles. The van der Waals surface area contributed by atoms with Crippen LogP contribution in [0.4, 0.5) is 0 Å². The average Bonchev–Trinajstić information content (AvgIpc) is 2.43. The quantitative estimate of drug-likeness (QED) is 0.745. The van der Waals surface area contributed by atoms with Crippen LogP contribution in [0.3, 0.4) is 0 Å². The molecule has 1 N–H and O–H groups in total. The van der Waals surface area contributed by atoms with Crippen LogP contribution in [0.2, 0.25) is 5.02 Å². The summed E-state index contributed by atoms with van der Waals surface area (Å²) >= 11 is 6.11. The van der Waals surface area contributed by atoms with Crippen LogP contribution in [0.5, 0.6) is 0 Å². The molecule has 3 heteroatoms. The van der Waals surface area contributed by atoms with Crippen LogP contribution in [-0.2, 0) is 0 Å². The Morgan fingerprint density at radius 1 is 1.29 bits per heavy atom. The molecular formula is C18H31ClN2. The van der Waals surface area contributed by atoms with Gasteiger partial charge in [-0.05, 0) is 57.0 Å². The van der Waals surface area contributed by atoms with Gasteiger partial charge in [-0.2, -0.15) is 0 Å². The van der Waals surface area contributed by atoms with E-state index >= 15 is 0 Å². The van der Waals surface area contributed by atoms with Crippen molar-refractivity contribution >= 4 is 11.6 Å². The van der Waals surface area contributed by atoms with E-state index in [-0.39, 0.29) is 5.41 Å². The molecule has 2 atom stereocenters. The highest BCUT2D eigenvalue weighted by Crippen LogP contribution is 2.27. The van der Waals surface area contributed by atoms with Gasteiger partial charge in [-0.3, -0.25) is 4.90 Å². The molecule has 0 aliphatic heterocycles. The van der Waals surface area contributed by atoms with E-state index in [1.165, 1.54) is 12.0 Å². The summed E-state index contributed by atoms with van der Waals surface area (Å²) in [6.07, 6.45) is 1.18. The smallest absolute Gasteiger partial charge is 0.0409 e. The Morgan fingerprint density at radius 3 is 2.52 bits per heavy atom. The van der Waals surface area contributed by atoms with E-state index in [0.29, 0.717) is 12.1 Å². The number of rotatable bonds is 8. The molecule has 1 rings (SSSR count). The van der Waals surface area contributed by atoms with Gasteiger partial charge in [0.25, 0.3) is 0 Å². The molecule has 0 aromatic heterocycles. The van der Waals surface area contributed by atoms with Crippen molar-refractivity contribution in [1.82, 2.24) is 10.2 Å². The van der Waals surface area contributed by atoms with Gasteiger partial charge in [-0.1, -0.05) is 44.5 Å². The Labute approximate surface area is 135 Å². The zero-order valence-corrected chi connectivity index (χ0v) is 15.2. The van der Waals surface area contributed by atoms with E-state index in [9.17, 15) is 0 Å². The van der Waals surface area contributed by atoms with Crippen molar-refractivity contribution < 1.29 is 0 Å². The molecule has 2 nitrogen and oxygen atoms in total. The van der Waals surface area contributed by atoms with Crippen LogP contribution in [0.25, 0.3) is 0 Å². The Morgan fingerprint density at radius 2 is 1.95 bits per heavy atom. The number of benzene rings is 1. The third-order valence-electron chi connectivity index (χ3n) is 4.52. The summed E-state index contributed by atoms with van der Waals surface area (Å²) in [5.41, 5.74) is 1.49. The molecule has 21 heavy (non-hydrogen) atoms. The van der Waals surface area contributed by atoms with Crippen molar-refractivity contribution in [2.75, 3.05) is 20.1 Å². The molecular weight excluding hydrogens is 280 g/mol. The Kier molecular flexibility index (Phi) is 7.19. The van der Waals surface area contributed by atoms with Crippen LogP contribution in [0, 0.1) is 5.41 Å². The maximum absolute atomic E-state index is 6.11. The van der Waals surface area contributed by atoms with Crippen LogP contribution in [0.15, 0.2) is 24.3 Å². The average molecular weight is 311 g/mol. The maximum Gasteiger partial charge on any atom is 0.0409 e. The fraction of sp³-hybridized carbons (Fsp3) is 0.667. The van der Waals surface area contributed by atoms with Gasteiger partial charge in [0.05, 0.1) is 0 Å². The van der Waals surface area contributed by atoms with Gasteiger partial charge in [-0.25, -0.2) is 0 Å². The zero-order chi connectivity index (χ0) is 16.0. The Hall–Kier alpha value is -0.570. The first-order valence-corrected chi connectivity index (χ1v) is 8.34. The SMILES string of the molecule is CCCNC(C)C(C)(C)CN(C)C(C)c1cccc(Cl)c1. The van der Waals surface area contributed by atoms with Gasteiger partial charge in [0.1, 0.15) is 0 Å². The first-order valence-electron chi connectivity index (χ1n) is 7.97. The highest BCUT2D eigenvalue weighted by Gasteiger charge is 2.28. The number of hydrogen-bond donors (Lipinski definition) is 1. The second-order valence-corrected chi connectivity index (χ2v) is 7.25. The van der Waals surface area contributed by atoms with Crippen molar-refractivity contribution in [3.8, 4) is 0 Å². The minimum Gasteiger partial charge on any atom is -0.314 e. The van der Waals surface area contributed by atoms with Crippen LogP contribution < -0.4 is 5.32 Å². The summed E-state index contributed by atoms with van der Waals surface area (Å²) in [5, 5.41) is 4.43. The van der Waals surface area contributed by atoms with E-state index in [0.717, 1.165) is 18.1 Å². The normalized spacial score (nSPS) is 15.2. The summed E-state index contributed by atoms with van der Waals surface area (Å²) in [6, 6.07) is 9.03. The summed E-state index contributed by atoms with van der Waals surface area (Å²) in [6.45, 7) is 13.5. The molecule has 0 radical (unpaired) electrons. The molecule has 1 aromatic rings. The van der Waals surface area contributed by atoms with Crippen LogP contribution in [-0.4, -0.2) is 31.1 Å². The summed E-state index contributed by atoms with van der Waals surface area (Å²) in [4.78, 5) is 2.41. The van der Waals surface area contributed by atoms with E-state index in [1.807, 2.05) is 12.1 Å². The molecule has 120 valence electrons. The van der Waals surface area contributed by atoms with E-state index < -0.39 is 0 Å². The lowest BCUT2D eigenvalue weighted by molar-refractivity contribution is 0.136. The van der Waals surface area contributed by atoms with Crippen molar-refractivity contribution in [3.05, 3.63) is 34.9 Å². The maximum atomic E-state index is 6.11. The van der Waals surface area contributed by atoms with Gasteiger partial charge in [0.2, 0.25) is 0 Å². The second-order valence-electron chi connectivity index (χ2n) is 6.81. The highest BCUT2D eigenvalue weighted by molar-refractivity contribution is 6.30. The largest absolute Gasteiger partial charge is 0.314 e. The number of nitrogens with zero attached hydrogens (tertiary/aromatic N) is 1. The van der Waals surface area contributed by atoms with Gasteiger partial charge < -0.3 is 5.32 Å². The third kappa shape index (κ3) is 5.61. The number of halogens is 1. The molecule has 0 saturated carbocycles. The van der Waals surface area contributed by atoms with Gasteiger partial charge >= 0.3 is 0 Å². The Bertz CT molecular complexity index is 431. The lowest BCUT2D eigenvalue weighted by Gasteiger charge is -2.38. The van der Waals surface area contributed by atoms with Gasteiger partial charge in [-0.15, -0.1) is 0 Å². The topological polar surface area (TPSA) is 15.3 Å².